The molecule has 0 fully saturated rings. The molecule has 0 aliphatic carbocycles. The number of hydrogen-bond donors (Lipinski definition) is 0. The summed E-state index contributed by atoms with van der Waals surface area (Å²) in [5, 5.41) is 0. The number of rotatable bonds is 1. The molecule has 0 aromatic rings. The van der Waals surface area contributed by atoms with Crippen LogP contribution in [-0.2, 0) is 15.5 Å². The van der Waals surface area contributed by atoms with Crippen molar-refractivity contribution in [2.24, 2.45) is 0 Å². The zero-order valence-corrected chi connectivity index (χ0v) is 6.90. The predicted octanol–water partition coefficient (Wildman–Crippen LogP) is 2.15. The van der Waals surface area contributed by atoms with Gasteiger partial charge < -0.3 is 0 Å². The molecular weight excluding hydrogens is 234 g/mol. The minimum absolute atomic E-state index is 0. The van der Waals surface area contributed by atoms with E-state index in [4.69, 9.17) is 0 Å². The van der Waals surface area contributed by atoms with Gasteiger partial charge in [-0.25, -0.2) is 0 Å². The van der Waals surface area contributed by atoms with Gasteiger partial charge in [0.25, 0.3) is 0 Å². The van der Waals surface area contributed by atoms with Crippen LogP contribution in [0.5, 0.6) is 0 Å². The van der Waals surface area contributed by atoms with E-state index in [1.54, 1.807) is 6.08 Å². The normalized spacial score (nSPS) is 11.8. The van der Waals surface area contributed by atoms with Gasteiger partial charge in [0.05, 0.1) is 0 Å². The molecular formula is C4H8INi. The Bertz CT molecular complexity index is 34.5. The van der Waals surface area contributed by atoms with Crippen molar-refractivity contribution in [3.05, 3.63) is 12.7 Å². The summed E-state index contributed by atoms with van der Waals surface area (Å²) in [4.78, 5) is 0.273. The minimum atomic E-state index is 0. The van der Waals surface area contributed by atoms with E-state index in [9.17, 15) is 0 Å². The van der Waals surface area contributed by atoms with Crippen LogP contribution >= 0.6 is 24.0 Å². The summed E-state index contributed by atoms with van der Waals surface area (Å²) in [5.74, 6) is 0. The molecule has 0 aliphatic rings. The van der Waals surface area contributed by atoms with Gasteiger partial charge in [-0.2, -0.15) is 0 Å². The molecule has 0 saturated heterocycles. The molecule has 0 radical (unpaired) electrons. The smallest absolute Gasteiger partial charge is 0.107 e. The topological polar surface area (TPSA) is 0 Å². The van der Waals surface area contributed by atoms with Crippen LogP contribution in [0.4, 0.5) is 0 Å². The van der Waals surface area contributed by atoms with Crippen LogP contribution in [0.25, 0.3) is 0 Å². The third-order valence-corrected chi connectivity index (χ3v) is 0.543. The fourth-order valence-corrected chi connectivity index (χ4v) is 0. The molecule has 0 aromatic heterocycles. The molecule has 41 valence electrons. The van der Waals surface area contributed by atoms with Crippen molar-refractivity contribution in [1.82, 2.24) is 0 Å². The maximum absolute atomic E-state index is 4.41. The molecule has 0 bridgehead atoms. The first-order chi connectivity index (χ1) is 2.27. The van der Waals surface area contributed by atoms with Gasteiger partial charge in [-0.3, -0.25) is 0 Å². The van der Waals surface area contributed by atoms with Gasteiger partial charge in [0.2, 0.25) is 0 Å². The Morgan fingerprint density at radius 1 is 1.83 bits per heavy atom. The van der Waals surface area contributed by atoms with Crippen molar-refractivity contribution < 1.29 is 15.5 Å². The number of hydrogen-bond acceptors (Lipinski definition) is 0. The Labute approximate surface area is 63.8 Å². The second-order valence-electron chi connectivity index (χ2n) is 0.857. The first kappa shape index (κ1) is 10.1. The molecule has 0 amide bonds. The monoisotopic (exact) mass is 241 g/mol. The van der Waals surface area contributed by atoms with Gasteiger partial charge in [-0.1, -0.05) is 0 Å². The molecule has 0 aliphatic heterocycles. The molecule has 0 spiro atoms. The third-order valence-electron chi connectivity index (χ3n) is 0.310. The van der Waals surface area contributed by atoms with Crippen molar-refractivity contribution in [2.75, 3.05) is 0 Å². The summed E-state index contributed by atoms with van der Waals surface area (Å²) < 4.78 is 0. The summed E-state index contributed by atoms with van der Waals surface area (Å²) in [7, 11) is 0. The molecule has 0 rings (SSSR count). The Balaban J connectivity index is 0. The summed E-state index contributed by atoms with van der Waals surface area (Å²) in [5.41, 5.74) is 0. The molecule has 0 N–H and O–H groups in total. The van der Waals surface area contributed by atoms with Crippen LogP contribution in [0.1, 0.15) is 6.92 Å². The van der Waals surface area contributed by atoms with Gasteiger partial charge in [-0.05, 0) is 0 Å². The standard InChI is InChI=1S/C4H7.HI.Ni/c1-3-4-2;;/h3-4H,1H2,2H3;1H;. The van der Waals surface area contributed by atoms with Crippen LogP contribution in [0.3, 0.4) is 0 Å². The van der Waals surface area contributed by atoms with Gasteiger partial charge in [-0.15, -0.1) is 24.0 Å². The van der Waals surface area contributed by atoms with Crippen molar-refractivity contribution in [3.63, 3.8) is 0 Å². The van der Waals surface area contributed by atoms with Gasteiger partial charge in [0, 0.05) is 0 Å². The molecule has 0 heterocycles. The van der Waals surface area contributed by atoms with Crippen molar-refractivity contribution in [1.29, 1.82) is 0 Å². The van der Waals surface area contributed by atoms with E-state index in [0.29, 0.717) is 0 Å². The van der Waals surface area contributed by atoms with E-state index in [1.165, 1.54) is 0 Å². The van der Waals surface area contributed by atoms with Crippen molar-refractivity contribution in [2.45, 2.75) is 11.8 Å². The van der Waals surface area contributed by atoms with E-state index < -0.39 is 0 Å². The van der Waals surface area contributed by atoms with Crippen LogP contribution in [0.2, 0.25) is 4.89 Å². The molecule has 0 saturated carbocycles. The average molecular weight is 242 g/mol. The predicted molar refractivity (Wildman–Crippen MR) is 35.0 cm³/mol. The molecule has 0 nitrogen and oxygen atoms in total. The summed E-state index contributed by atoms with van der Waals surface area (Å²) in [6.07, 6.45) is 1.75. The first-order valence-electron chi connectivity index (χ1n) is 1.50. The second-order valence-corrected chi connectivity index (χ2v) is 1.76. The van der Waals surface area contributed by atoms with E-state index in [0.717, 1.165) is 0 Å². The van der Waals surface area contributed by atoms with Crippen LogP contribution in [0, 0.1) is 0 Å². The molecule has 1 unspecified atom stereocenters. The maximum Gasteiger partial charge on any atom is -0.107 e. The van der Waals surface area contributed by atoms with Crippen LogP contribution < -0.4 is 0 Å². The fourth-order valence-electron chi connectivity index (χ4n) is 0. The summed E-state index contributed by atoms with van der Waals surface area (Å²) in [6.45, 7) is 5.40. The van der Waals surface area contributed by atoms with Crippen molar-refractivity contribution >= 4 is 24.0 Å². The van der Waals surface area contributed by atoms with E-state index in [2.05, 4.69) is 22.0 Å². The SMILES string of the molecule is C=C[CH](C)[Ni].I. The summed E-state index contributed by atoms with van der Waals surface area (Å²) >= 11 is 4.41. The number of halogens is 1. The second kappa shape index (κ2) is 5.96. The molecule has 6 heavy (non-hydrogen) atoms. The van der Waals surface area contributed by atoms with E-state index >= 15 is 0 Å². The van der Waals surface area contributed by atoms with Crippen molar-refractivity contribution in [3.8, 4) is 0 Å². The first-order valence-corrected chi connectivity index (χ1v) is 2.07. The fraction of sp³-hybridized carbons (Fsp3) is 0.500. The average Bonchev–Trinajstić information content (AvgIpc) is 1.38. The zero-order valence-electron chi connectivity index (χ0n) is 3.59. The largest absolute Gasteiger partial charge is 0.107 e. The zero-order chi connectivity index (χ0) is 4.28. The maximum atomic E-state index is 4.41. The van der Waals surface area contributed by atoms with E-state index in [1.807, 2.05) is 6.92 Å². The van der Waals surface area contributed by atoms with Gasteiger partial charge in [0.15, 0.2) is 0 Å². The Morgan fingerprint density at radius 2 is 2.00 bits per heavy atom. The molecule has 2 heteroatoms. The minimum Gasteiger partial charge on any atom is -0.107 e. The van der Waals surface area contributed by atoms with Crippen LogP contribution in [-0.4, -0.2) is 0 Å². The van der Waals surface area contributed by atoms with Gasteiger partial charge in [0.1, 0.15) is 0 Å². The molecule has 1 atom stereocenters. The summed E-state index contributed by atoms with van der Waals surface area (Å²) in [6, 6.07) is 0. The quantitative estimate of drug-likeness (QED) is 0.375. The molecule has 0 aromatic carbocycles. The Kier molecular flexibility index (Phi) is 9.99. The number of allylic oxidation sites excluding steroid dienone is 1. The van der Waals surface area contributed by atoms with Gasteiger partial charge >= 0.3 is 39.9 Å². The van der Waals surface area contributed by atoms with E-state index in [-0.39, 0.29) is 28.9 Å². The third kappa shape index (κ3) is 8.88. The Hall–Kier alpha value is 0.964. The Morgan fingerprint density at radius 3 is 2.00 bits per heavy atom. The van der Waals surface area contributed by atoms with Crippen LogP contribution in [0.15, 0.2) is 12.7 Å².